The molecular formula is C18H19N3O2. The van der Waals surface area contributed by atoms with Crippen LogP contribution in [0.1, 0.15) is 44.0 Å². The molecule has 3 heterocycles. The molecule has 0 saturated heterocycles. The fourth-order valence-corrected chi connectivity index (χ4v) is 2.74. The molecule has 0 atom stereocenters. The summed E-state index contributed by atoms with van der Waals surface area (Å²) in [6, 6.07) is 3.71. The number of nitrogens with zero attached hydrogens (tertiary/aromatic N) is 3. The SMILES string of the molecule is CC(C)c1cn2cc(CC(=O)C3CC3)nc(-c3ccco3)c2n1. The van der Waals surface area contributed by atoms with E-state index in [0.29, 0.717) is 23.8 Å². The highest BCUT2D eigenvalue weighted by atomic mass is 16.3. The molecule has 23 heavy (non-hydrogen) atoms. The minimum Gasteiger partial charge on any atom is -0.463 e. The predicted molar refractivity (Wildman–Crippen MR) is 86.2 cm³/mol. The molecule has 1 saturated carbocycles. The normalized spacial score (nSPS) is 14.7. The second-order valence-electron chi connectivity index (χ2n) is 6.53. The molecule has 0 bridgehead atoms. The Bertz CT molecular complexity index is 858. The smallest absolute Gasteiger partial charge is 0.167 e. The molecule has 1 aliphatic rings. The van der Waals surface area contributed by atoms with Crippen LogP contribution in [0.5, 0.6) is 0 Å². The summed E-state index contributed by atoms with van der Waals surface area (Å²) in [5, 5.41) is 0. The van der Waals surface area contributed by atoms with Crippen LogP contribution in [0.15, 0.2) is 35.2 Å². The highest BCUT2D eigenvalue weighted by molar-refractivity contribution is 5.85. The van der Waals surface area contributed by atoms with Crippen molar-refractivity contribution in [3.05, 3.63) is 42.2 Å². The molecule has 0 unspecified atom stereocenters. The van der Waals surface area contributed by atoms with Crippen molar-refractivity contribution in [3.63, 3.8) is 0 Å². The minimum atomic E-state index is 0.244. The Morgan fingerprint density at radius 1 is 1.35 bits per heavy atom. The van der Waals surface area contributed by atoms with Gasteiger partial charge in [0.25, 0.3) is 0 Å². The van der Waals surface area contributed by atoms with Gasteiger partial charge in [-0.15, -0.1) is 0 Å². The van der Waals surface area contributed by atoms with Crippen LogP contribution in [0.2, 0.25) is 0 Å². The number of ketones is 1. The van der Waals surface area contributed by atoms with Crippen LogP contribution in [0, 0.1) is 5.92 Å². The lowest BCUT2D eigenvalue weighted by Crippen LogP contribution is -2.08. The van der Waals surface area contributed by atoms with E-state index in [2.05, 4.69) is 18.8 Å². The summed E-state index contributed by atoms with van der Waals surface area (Å²) in [7, 11) is 0. The molecule has 1 fully saturated rings. The van der Waals surface area contributed by atoms with Crippen LogP contribution in [-0.2, 0) is 11.2 Å². The van der Waals surface area contributed by atoms with Gasteiger partial charge in [0, 0.05) is 18.3 Å². The van der Waals surface area contributed by atoms with Crippen molar-refractivity contribution in [2.45, 2.75) is 39.0 Å². The largest absolute Gasteiger partial charge is 0.463 e. The van der Waals surface area contributed by atoms with Crippen LogP contribution in [-0.4, -0.2) is 20.2 Å². The second kappa shape index (κ2) is 5.33. The molecule has 0 aliphatic heterocycles. The van der Waals surface area contributed by atoms with Gasteiger partial charge in [0.05, 0.1) is 24.1 Å². The van der Waals surface area contributed by atoms with E-state index in [0.717, 1.165) is 29.9 Å². The zero-order valence-corrected chi connectivity index (χ0v) is 13.3. The number of fused-ring (bicyclic) bond motifs is 1. The molecule has 0 amide bonds. The fraction of sp³-hybridized carbons (Fsp3) is 0.389. The maximum absolute atomic E-state index is 12.1. The van der Waals surface area contributed by atoms with Gasteiger partial charge in [-0.2, -0.15) is 0 Å². The number of hydrogen-bond acceptors (Lipinski definition) is 4. The Balaban J connectivity index is 1.83. The third-order valence-corrected chi connectivity index (χ3v) is 4.24. The third-order valence-electron chi connectivity index (χ3n) is 4.24. The van der Waals surface area contributed by atoms with Crippen LogP contribution >= 0.6 is 0 Å². The van der Waals surface area contributed by atoms with Crippen LogP contribution in [0.25, 0.3) is 17.1 Å². The van der Waals surface area contributed by atoms with Gasteiger partial charge in [-0.05, 0) is 30.9 Å². The molecule has 118 valence electrons. The molecule has 3 aromatic heterocycles. The Morgan fingerprint density at radius 2 is 2.17 bits per heavy atom. The number of rotatable bonds is 5. The van der Waals surface area contributed by atoms with E-state index < -0.39 is 0 Å². The van der Waals surface area contributed by atoms with Crippen LogP contribution < -0.4 is 0 Å². The Morgan fingerprint density at radius 3 is 2.83 bits per heavy atom. The summed E-state index contributed by atoms with van der Waals surface area (Å²) in [6.07, 6.45) is 7.98. The Kier molecular flexibility index (Phi) is 3.29. The van der Waals surface area contributed by atoms with E-state index in [1.807, 2.05) is 28.9 Å². The number of imidazole rings is 1. The maximum Gasteiger partial charge on any atom is 0.167 e. The number of hydrogen-bond donors (Lipinski definition) is 0. The van der Waals surface area contributed by atoms with Crippen LogP contribution in [0.3, 0.4) is 0 Å². The number of carbonyl (C=O) groups excluding carboxylic acids is 1. The van der Waals surface area contributed by atoms with Gasteiger partial charge in [0.15, 0.2) is 11.4 Å². The number of carbonyl (C=O) groups is 1. The highest BCUT2D eigenvalue weighted by Crippen LogP contribution is 2.31. The first-order valence-corrected chi connectivity index (χ1v) is 8.07. The van der Waals surface area contributed by atoms with E-state index in [4.69, 9.17) is 9.40 Å². The predicted octanol–water partition coefficient (Wildman–Crippen LogP) is 3.63. The molecular weight excluding hydrogens is 290 g/mol. The van der Waals surface area contributed by atoms with E-state index in [-0.39, 0.29) is 11.7 Å². The van der Waals surface area contributed by atoms with Crippen molar-refractivity contribution in [1.82, 2.24) is 14.4 Å². The van der Waals surface area contributed by atoms with Crippen LogP contribution in [0.4, 0.5) is 0 Å². The highest BCUT2D eigenvalue weighted by Gasteiger charge is 2.29. The van der Waals surface area contributed by atoms with Crippen molar-refractivity contribution < 1.29 is 9.21 Å². The van der Waals surface area contributed by atoms with Crippen molar-refractivity contribution in [2.75, 3.05) is 0 Å². The summed E-state index contributed by atoms with van der Waals surface area (Å²) in [5.41, 5.74) is 3.24. The molecule has 4 rings (SSSR count). The lowest BCUT2D eigenvalue weighted by Gasteiger charge is -2.05. The first-order valence-electron chi connectivity index (χ1n) is 8.07. The third kappa shape index (κ3) is 2.67. The maximum atomic E-state index is 12.1. The van der Waals surface area contributed by atoms with Crippen molar-refractivity contribution in [3.8, 4) is 11.5 Å². The van der Waals surface area contributed by atoms with Gasteiger partial charge in [0.1, 0.15) is 11.5 Å². The van der Waals surface area contributed by atoms with Gasteiger partial charge in [-0.25, -0.2) is 9.97 Å². The number of furan rings is 1. The molecule has 0 N–H and O–H groups in total. The Hall–Kier alpha value is -2.43. The zero-order valence-electron chi connectivity index (χ0n) is 13.3. The van der Waals surface area contributed by atoms with E-state index in [9.17, 15) is 4.79 Å². The average Bonchev–Trinajstić information content (AvgIpc) is 3.07. The molecule has 3 aromatic rings. The standard InChI is InChI=1S/C18H19N3O2/c1-11(2)14-10-21-9-13(8-15(22)12-5-6-12)19-17(18(21)20-14)16-4-3-7-23-16/h3-4,7,9-12H,5-6,8H2,1-2H3. The molecule has 5 heteroatoms. The first-order chi connectivity index (χ1) is 11.1. The summed E-state index contributed by atoms with van der Waals surface area (Å²) in [5.74, 6) is 1.53. The molecule has 5 nitrogen and oxygen atoms in total. The monoisotopic (exact) mass is 309 g/mol. The van der Waals surface area contributed by atoms with Gasteiger partial charge in [-0.3, -0.25) is 4.79 Å². The van der Waals surface area contributed by atoms with Crippen molar-refractivity contribution in [1.29, 1.82) is 0 Å². The first kappa shape index (κ1) is 14.2. The second-order valence-corrected chi connectivity index (χ2v) is 6.53. The summed E-state index contributed by atoms with van der Waals surface area (Å²) < 4.78 is 7.48. The summed E-state index contributed by atoms with van der Waals surface area (Å²) >= 11 is 0. The molecule has 0 radical (unpaired) electrons. The van der Waals surface area contributed by atoms with Gasteiger partial charge >= 0.3 is 0 Å². The van der Waals surface area contributed by atoms with E-state index in [1.54, 1.807) is 6.26 Å². The lowest BCUT2D eigenvalue weighted by molar-refractivity contribution is -0.119. The number of Topliss-reactive ketones (excluding diaryl/α,β-unsaturated/α-hetero) is 1. The van der Waals surface area contributed by atoms with Gasteiger partial charge < -0.3 is 8.82 Å². The zero-order chi connectivity index (χ0) is 16.0. The van der Waals surface area contributed by atoms with E-state index >= 15 is 0 Å². The van der Waals surface area contributed by atoms with E-state index in [1.165, 1.54) is 0 Å². The minimum absolute atomic E-state index is 0.244. The molecule has 0 spiro atoms. The molecule has 1 aliphatic carbocycles. The van der Waals surface area contributed by atoms with Gasteiger partial charge in [0.2, 0.25) is 0 Å². The van der Waals surface area contributed by atoms with Gasteiger partial charge in [-0.1, -0.05) is 13.8 Å². The average molecular weight is 309 g/mol. The molecule has 0 aromatic carbocycles. The quantitative estimate of drug-likeness (QED) is 0.722. The number of aromatic nitrogens is 3. The van der Waals surface area contributed by atoms with Crippen molar-refractivity contribution in [2.24, 2.45) is 5.92 Å². The summed E-state index contributed by atoms with van der Waals surface area (Å²) in [4.78, 5) is 21.5. The fourth-order valence-electron chi connectivity index (χ4n) is 2.74. The van der Waals surface area contributed by atoms with Crippen molar-refractivity contribution >= 4 is 11.4 Å². The summed E-state index contributed by atoms with van der Waals surface area (Å²) in [6.45, 7) is 4.22. The lowest BCUT2D eigenvalue weighted by atomic mass is 10.1. The Labute approximate surface area is 134 Å². The topological polar surface area (TPSA) is 60.4 Å².